The van der Waals surface area contributed by atoms with Crippen LogP contribution in [0.4, 0.5) is 0 Å². The van der Waals surface area contributed by atoms with Crippen molar-refractivity contribution in [1.82, 2.24) is 0 Å². The molecule has 1 aromatic rings. The maximum absolute atomic E-state index is 12.1. The highest BCUT2D eigenvalue weighted by molar-refractivity contribution is 6.33. The lowest BCUT2D eigenvalue weighted by Crippen LogP contribution is -2.63. The largest absolute Gasteiger partial charge is 0.496 e. The van der Waals surface area contributed by atoms with Gasteiger partial charge in [0, 0.05) is 33.3 Å². The molecule has 2 fully saturated rings. The normalized spacial score (nSPS) is 24.8. The van der Waals surface area contributed by atoms with E-state index in [-0.39, 0.29) is 22.7 Å². The molecule has 1 saturated carbocycles. The molecule has 1 aromatic carbocycles. The van der Waals surface area contributed by atoms with E-state index >= 15 is 0 Å². The average molecular weight is 613 g/mol. The van der Waals surface area contributed by atoms with Gasteiger partial charge in [-0.1, -0.05) is 17.7 Å². The Morgan fingerprint density at radius 1 is 0.833 bits per heavy atom. The predicted octanol–water partition coefficient (Wildman–Crippen LogP) is 2.74. The first kappa shape index (κ1) is 32.7. The number of carbonyl (C=O) groups is 5. The third-order valence-corrected chi connectivity index (χ3v) is 6.83. The first-order valence-electron chi connectivity index (χ1n) is 13.0. The van der Waals surface area contributed by atoms with E-state index in [1.165, 1.54) is 27.2 Å². The molecule has 230 valence electrons. The van der Waals surface area contributed by atoms with Crippen LogP contribution in [0, 0.1) is 5.92 Å². The fourth-order valence-corrected chi connectivity index (χ4v) is 4.94. The molecule has 1 aliphatic heterocycles. The Labute approximate surface area is 247 Å². The summed E-state index contributed by atoms with van der Waals surface area (Å²) in [5.74, 6) is -3.02. The minimum atomic E-state index is -1.47. The summed E-state index contributed by atoms with van der Waals surface area (Å²) < 4.78 is 43.8. The molecule has 1 heterocycles. The molecule has 0 spiro atoms. The zero-order valence-corrected chi connectivity index (χ0v) is 24.8. The molecule has 0 bridgehead atoms. The predicted molar refractivity (Wildman–Crippen MR) is 143 cm³/mol. The second-order valence-corrected chi connectivity index (χ2v) is 9.95. The van der Waals surface area contributed by atoms with Crippen molar-refractivity contribution < 1.29 is 61.9 Å². The van der Waals surface area contributed by atoms with Crippen LogP contribution in [-0.2, 0) is 57.1 Å². The SMILES string of the molecule is COC(=O)C1CC(=C(OC)c2cccc(O[C@@H]3OC(COC(C)=O)C(OC(C)=O)C(OC(C)=O)C3OC(C)=O)c2Cl)C1. The molecule has 4 unspecified atom stereocenters. The van der Waals surface area contributed by atoms with E-state index in [1.54, 1.807) is 12.1 Å². The summed E-state index contributed by atoms with van der Waals surface area (Å²) in [7, 11) is 2.80. The monoisotopic (exact) mass is 612 g/mol. The first-order valence-corrected chi connectivity index (χ1v) is 13.3. The molecule has 0 amide bonds. The molecular weight excluding hydrogens is 580 g/mol. The smallest absolute Gasteiger partial charge is 0.309 e. The number of allylic oxidation sites excluding steroid dienone is 1. The Morgan fingerprint density at radius 3 is 1.98 bits per heavy atom. The summed E-state index contributed by atoms with van der Waals surface area (Å²) in [4.78, 5) is 59.5. The van der Waals surface area contributed by atoms with Gasteiger partial charge in [-0.2, -0.15) is 0 Å². The third kappa shape index (κ3) is 7.91. The highest BCUT2D eigenvalue weighted by Crippen LogP contribution is 2.43. The van der Waals surface area contributed by atoms with E-state index in [1.807, 2.05) is 0 Å². The first-order chi connectivity index (χ1) is 19.9. The van der Waals surface area contributed by atoms with Gasteiger partial charge in [-0.3, -0.25) is 24.0 Å². The van der Waals surface area contributed by atoms with Gasteiger partial charge in [-0.15, -0.1) is 0 Å². The Morgan fingerprint density at radius 2 is 1.43 bits per heavy atom. The summed E-state index contributed by atoms with van der Waals surface area (Å²) in [6.45, 7) is 4.13. The number of rotatable bonds is 10. The van der Waals surface area contributed by atoms with E-state index in [0.29, 0.717) is 24.2 Å². The fraction of sp³-hybridized carbons (Fsp3) is 0.536. The van der Waals surface area contributed by atoms with Crippen molar-refractivity contribution in [2.75, 3.05) is 20.8 Å². The van der Waals surface area contributed by atoms with Crippen LogP contribution >= 0.6 is 11.6 Å². The lowest BCUT2D eigenvalue weighted by atomic mass is 9.78. The van der Waals surface area contributed by atoms with Crippen LogP contribution in [0.5, 0.6) is 5.75 Å². The molecule has 2 aliphatic rings. The van der Waals surface area contributed by atoms with Gasteiger partial charge in [-0.25, -0.2) is 0 Å². The number of methoxy groups -OCH3 is 2. The standard InChI is InChI=1S/C28H33ClO13/c1-13(30)37-12-21-24(38-14(2)31)25(39-15(3)32)26(40-16(4)33)28(42-21)41-20-9-7-8-19(22(20)29)23(35-5)17-10-18(11-17)27(34)36-6/h7-9,18,21,24-26,28H,10-12H2,1-6H3/t18?,21?,24?,25?,26?,28-/m1/s1. The van der Waals surface area contributed by atoms with Gasteiger partial charge in [0.05, 0.1) is 25.2 Å². The van der Waals surface area contributed by atoms with Gasteiger partial charge in [0.1, 0.15) is 24.2 Å². The Kier molecular flexibility index (Phi) is 11.2. The van der Waals surface area contributed by atoms with E-state index in [0.717, 1.165) is 26.3 Å². The van der Waals surface area contributed by atoms with Crippen molar-refractivity contribution in [2.45, 2.75) is 71.2 Å². The average Bonchev–Trinajstić information content (AvgIpc) is 2.88. The zero-order chi connectivity index (χ0) is 31.1. The number of esters is 5. The third-order valence-electron chi connectivity index (χ3n) is 6.44. The lowest BCUT2D eigenvalue weighted by molar-refractivity contribution is -0.288. The number of benzene rings is 1. The maximum Gasteiger partial charge on any atom is 0.309 e. The van der Waals surface area contributed by atoms with Crippen molar-refractivity contribution in [3.05, 3.63) is 34.4 Å². The molecule has 14 heteroatoms. The molecule has 0 radical (unpaired) electrons. The van der Waals surface area contributed by atoms with Crippen molar-refractivity contribution in [3.8, 4) is 5.75 Å². The van der Waals surface area contributed by atoms with E-state index < -0.39 is 61.2 Å². The minimum Gasteiger partial charge on any atom is -0.496 e. The zero-order valence-electron chi connectivity index (χ0n) is 24.0. The molecule has 13 nitrogen and oxygen atoms in total. The number of hydrogen-bond acceptors (Lipinski definition) is 13. The second kappa shape index (κ2) is 14.4. The van der Waals surface area contributed by atoms with Gasteiger partial charge in [0.15, 0.2) is 12.2 Å². The topological polar surface area (TPSA) is 159 Å². The number of ether oxygens (including phenoxy) is 8. The Hall–Kier alpha value is -3.84. The van der Waals surface area contributed by atoms with Crippen LogP contribution in [0.2, 0.25) is 5.02 Å². The van der Waals surface area contributed by atoms with Crippen LogP contribution in [0.1, 0.15) is 46.1 Å². The van der Waals surface area contributed by atoms with Gasteiger partial charge < -0.3 is 37.9 Å². The molecule has 1 saturated heterocycles. The number of halogens is 1. The number of hydrogen-bond donors (Lipinski definition) is 0. The summed E-state index contributed by atoms with van der Waals surface area (Å²) in [6, 6.07) is 4.85. The van der Waals surface area contributed by atoms with Crippen LogP contribution < -0.4 is 4.74 Å². The molecule has 0 N–H and O–H groups in total. The van der Waals surface area contributed by atoms with Gasteiger partial charge >= 0.3 is 29.8 Å². The highest BCUT2D eigenvalue weighted by Gasteiger charge is 2.53. The van der Waals surface area contributed by atoms with Gasteiger partial charge in [-0.05, 0) is 30.5 Å². The molecule has 3 rings (SSSR count). The van der Waals surface area contributed by atoms with Crippen LogP contribution in [0.15, 0.2) is 23.8 Å². The number of carbonyl (C=O) groups excluding carboxylic acids is 5. The van der Waals surface area contributed by atoms with E-state index in [9.17, 15) is 24.0 Å². The molecule has 42 heavy (non-hydrogen) atoms. The lowest BCUT2D eigenvalue weighted by Gasteiger charge is -2.44. The summed E-state index contributed by atoms with van der Waals surface area (Å²) in [5, 5.41) is 0.108. The van der Waals surface area contributed by atoms with E-state index in [4.69, 9.17) is 49.5 Å². The molecular formula is C28H33ClO13. The molecule has 5 atom stereocenters. The fourth-order valence-electron chi connectivity index (χ4n) is 4.68. The highest BCUT2D eigenvalue weighted by atomic mass is 35.5. The Balaban J connectivity index is 2.00. The van der Waals surface area contributed by atoms with Crippen LogP contribution in [0.3, 0.4) is 0 Å². The van der Waals surface area contributed by atoms with Crippen molar-refractivity contribution in [3.63, 3.8) is 0 Å². The Bertz CT molecular complexity index is 1230. The van der Waals surface area contributed by atoms with Crippen LogP contribution in [-0.4, -0.2) is 81.4 Å². The van der Waals surface area contributed by atoms with Crippen molar-refractivity contribution in [2.24, 2.45) is 5.92 Å². The van der Waals surface area contributed by atoms with Gasteiger partial charge in [0.2, 0.25) is 12.4 Å². The molecule has 1 aliphatic carbocycles. The molecule has 0 aromatic heterocycles. The van der Waals surface area contributed by atoms with Crippen molar-refractivity contribution in [1.29, 1.82) is 0 Å². The maximum atomic E-state index is 12.1. The van der Waals surface area contributed by atoms with Gasteiger partial charge in [0.25, 0.3) is 0 Å². The van der Waals surface area contributed by atoms with E-state index in [2.05, 4.69) is 0 Å². The van der Waals surface area contributed by atoms with Crippen LogP contribution in [0.25, 0.3) is 5.76 Å². The quantitative estimate of drug-likeness (QED) is 0.216. The summed E-state index contributed by atoms with van der Waals surface area (Å²) in [6.07, 6.45) is -5.97. The summed E-state index contributed by atoms with van der Waals surface area (Å²) in [5.41, 5.74) is 1.31. The van der Waals surface area contributed by atoms with Crippen molar-refractivity contribution >= 4 is 47.2 Å². The summed E-state index contributed by atoms with van der Waals surface area (Å²) >= 11 is 6.75. The minimum absolute atomic E-state index is 0.0778. The second-order valence-electron chi connectivity index (χ2n) is 9.57.